The molecule has 4 N–H and O–H groups in total. The van der Waals surface area contributed by atoms with E-state index >= 15 is 0 Å². The summed E-state index contributed by atoms with van der Waals surface area (Å²) in [7, 11) is 2.48. The summed E-state index contributed by atoms with van der Waals surface area (Å²) in [5.74, 6) is -1.52. The first-order chi connectivity index (χ1) is 24.9. The van der Waals surface area contributed by atoms with Crippen molar-refractivity contribution in [3.63, 3.8) is 0 Å². The van der Waals surface area contributed by atoms with E-state index in [0.717, 1.165) is 63.4 Å². The molecule has 1 saturated carbocycles. The van der Waals surface area contributed by atoms with Crippen LogP contribution in [0, 0.1) is 17.8 Å². The Hall–Kier alpha value is -3.87. The van der Waals surface area contributed by atoms with Crippen molar-refractivity contribution in [3.05, 3.63) is 35.9 Å². The van der Waals surface area contributed by atoms with Gasteiger partial charge in [-0.1, -0.05) is 110 Å². The molecular formula is C39H65N5O8. The quantitative estimate of drug-likeness (QED) is 0.0510. The van der Waals surface area contributed by atoms with E-state index < -0.39 is 54.2 Å². The maximum atomic E-state index is 13.9. The van der Waals surface area contributed by atoms with Gasteiger partial charge in [0.05, 0.1) is 26.8 Å². The number of hydrazine groups is 1. The summed E-state index contributed by atoms with van der Waals surface area (Å²) in [6.07, 6.45) is 8.27. The molecule has 0 radical (unpaired) electrons. The zero-order valence-corrected chi connectivity index (χ0v) is 32.5. The average molecular weight is 732 g/mol. The number of ether oxygens (including phenoxy) is 3. The van der Waals surface area contributed by atoms with Crippen LogP contribution in [0.15, 0.2) is 30.3 Å². The first-order valence-electron chi connectivity index (χ1n) is 19.2. The van der Waals surface area contributed by atoms with E-state index in [-0.39, 0.29) is 30.7 Å². The number of benzene rings is 1. The molecule has 2 unspecified atom stereocenters. The smallest absolute Gasteiger partial charge is 0.407 e. The van der Waals surface area contributed by atoms with Crippen molar-refractivity contribution < 1.29 is 38.2 Å². The van der Waals surface area contributed by atoms with Crippen LogP contribution in [0.1, 0.15) is 111 Å². The van der Waals surface area contributed by atoms with Gasteiger partial charge in [-0.05, 0) is 49.0 Å². The van der Waals surface area contributed by atoms with Crippen LogP contribution in [0.25, 0.3) is 0 Å². The molecule has 1 fully saturated rings. The van der Waals surface area contributed by atoms with Crippen LogP contribution in [-0.4, -0.2) is 86.5 Å². The SMILES string of the molecule is CCCCCCCC(=O)OC(CN(CC1CCCCC1)NC(=O)[C@@H](NC(=O)OC)C(C)C)C(Cc1ccccc1)NC(=O)[C@@H](NC(=O)OC)C(C)C. The molecule has 13 nitrogen and oxygen atoms in total. The fourth-order valence-electron chi connectivity index (χ4n) is 6.49. The first-order valence-corrected chi connectivity index (χ1v) is 19.2. The average Bonchev–Trinajstić information content (AvgIpc) is 3.12. The van der Waals surface area contributed by atoms with Crippen molar-refractivity contribution in [1.82, 2.24) is 26.4 Å². The summed E-state index contributed by atoms with van der Waals surface area (Å²) >= 11 is 0. The normalized spacial score (nSPS) is 15.7. The third kappa shape index (κ3) is 16.6. The van der Waals surface area contributed by atoms with Crippen molar-refractivity contribution >= 4 is 30.0 Å². The van der Waals surface area contributed by atoms with Gasteiger partial charge in [0.2, 0.25) is 5.91 Å². The molecule has 0 saturated heterocycles. The second kappa shape index (κ2) is 24.4. The molecule has 4 amide bonds. The van der Waals surface area contributed by atoms with Crippen molar-refractivity contribution in [2.24, 2.45) is 17.8 Å². The van der Waals surface area contributed by atoms with Gasteiger partial charge in [0.25, 0.3) is 5.91 Å². The van der Waals surface area contributed by atoms with Gasteiger partial charge >= 0.3 is 18.2 Å². The van der Waals surface area contributed by atoms with E-state index in [1.54, 1.807) is 5.01 Å². The lowest BCUT2D eigenvalue weighted by Crippen LogP contribution is -2.60. The Kier molecular flexibility index (Phi) is 20.8. The Balaban J connectivity index is 2.53. The van der Waals surface area contributed by atoms with Crippen LogP contribution in [-0.2, 0) is 35.0 Å². The molecule has 294 valence electrons. The van der Waals surface area contributed by atoms with E-state index in [0.29, 0.717) is 19.4 Å². The predicted molar refractivity (Wildman–Crippen MR) is 200 cm³/mol. The lowest BCUT2D eigenvalue weighted by Gasteiger charge is -2.36. The van der Waals surface area contributed by atoms with Crippen LogP contribution in [0.5, 0.6) is 0 Å². The largest absolute Gasteiger partial charge is 0.459 e. The second-order valence-corrected chi connectivity index (χ2v) is 14.6. The number of nitrogens with zero attached hydrogens (tertiary/aromatic N) is 1. The van der Waals surface area contributed by atoms with Gasteiger partial charge in [0.15, 0.2) is 0 Å². The highest BCUT2D eigenvalue weighted by molar-refractivity contribution is 5.86. The first kappa shape index (κ1) is 44.3. The molecule has 4 atom stereocenters. The molecule has 1 aromatic carbocycles. The van der Waals surface area contributed by atoms with Gasteiger partial charge < -0.3 is 30.2 Å². The van der Waals surface area contributed by atoms with E-state index in [1.807, 2.05) is 58.0 Å². The maximum Gasteiger partial charge on any atom is 0.407 e. The number of carbonyl (C=O) groups excluding carboxylic acids is 5. The Morgan fingerprint density at radius 3 is 1.90 bits per heavy atom. The number of unbranched alkanes of at least 4 members (excludes halogenated alkanes) is 4. The highest BCUT2D eigenvalue weighted by atomic mass is 16.5. The van der Waals surface area contributed by atoms with Gasteiger partial charge in [-0.15, -0.1) is 0 Å². The van der Waals surface area contributed by atoms with Gasteiger partial charge in [0, 0.05) is 13.0 Å². The van der Waals surface area contributed by atoms with Crippen molar-refractivity contribution in [2.45, 2.75) is 136 Å². The Morgan fingerprint density at radius 2 is 1.35 bits per heavy atom. The zero-order valence-electron chi connectivity index (χ0n) is 32.5. The highest BCUT2D eigenvalue weighted by Crippen LogP contribution is 2.25. The molecule has 1 aliphatic rings. The fourth-order valence-corrected chi connectivity index (χ4v) is 6.49. The minimum atomic E-state index is -0.921. The topological polar surface area (TPSA) is 164 Å². The molecule has 1 aliphatic carbocycles. The highest BCUT2D eigenvalue weighted by Gasteiger charge is 2.35. The van der Waals surface area contributed by atoms with Gasteiger partial charge in [0.1, 0.15) is 18.2 Å². The zero-order chi connectivity index (χ0) is 38.5. The lowest BCUT2D eigenvalue weighted by atomic mass is 9.89. The van der Waals surface area contributed by atoms with Gasteiger partial charge in [-0.3, -0.25) is 19.8 Å². The maximum absolute atomic E-state index is 13.9. The number of methoxy groups -OCH3 is 2. The lowest BCUT2D eigenvalue weighted by molar-refractivity contribution is -0.154. The Morgan fingerprint density at radius 1 is 0.769 bits per heavy atom. The molecular weight excluding hydrogens is 666 g/mol. The second-order valence-electron chi connectivity index (χ2n) is 14.6. The van der Waals surface area contributed by atoms with Crippen LogP contribution < -0.4 is 21.4 Å². The third-order valence-electron chi connectivity index (χ3n) is 9.53. The summed E-state index contributed by atoms with van der Waals surface area (Å²) in [5.41, 5.74) is 3.94. The minimum Gasteiger partial charge on any atom is -0.459 e. The number of hydrogen-bond acceptors (Lipinski definition) is 9. The summed E-state index contributed by atoms with van der Waals surface area (Å²) in [6.45, 7) is 9.99. The summed E-state index contributed by atoms with van der Waals surface area (Å²) < 4.78 is 15.9. The minimum absolute atomic E-state index is 0.0708. The molecule has 0 spiro atoms. The number of esters is 1. The number of hydrogen-bond donors (Lipinski definition) is 4. The third-order valence-corrected chi connectivity index (χ3v) is 9.53. The molecule has 13 heteroatoms. The van der Waals surface area contributed by atoms with Gasteiger partial charge in [-0.25, -0.2) is 14.6 Å². The van der Waals surface area contributed by atoms with E-state index in [4.69, 9.17) is 14.2 Å². The van der Waals surface area contributed by atoms with Crippen LogP contribution >= 0.6 is 0 Å². The summed E-state index contributed by atoms with van der Waals surface area (Å²) in [5, 5.41) is 10.2. The molecule has 2 rings (SSSR count). The number of nitrogens with one attached hydrogen (secondary N) is 4. The van der Waals surface area contributed by atoms with Crippen molar-refractivity contribution in [2.75, 3.05) is 27.3 Å². The number of alkyl carbamates (subject to hydrolysis) is 2. The summed E-state index contributed by atoms with van der Waals surface area (Å²) in [4.78, 5) is 65.6. The number of rotatable bonds is 22. The van der Waals surface area contributed by atoms with Crippen LogP contribution in [0.4, 0.5) is 9.59 Å². The van der Waals surface area contributed by atoms with Crippen LogP contribution in [0.3, 0.4) is 0 Å². The summed E-state index contributed by atoms with van der Waals surface area (Å²) in [6, 6.07) is 7.03. The fraction of sp³-hybridized carbons (Fsp3) is 0.718. The van der Waals surface area contributed by atoms with Crippen molar-refractivity contribution in [1.29, 1.82) is 0 Å². The molecule has 0 bridgehead atoms. The molecule has 0 heterocycles. The van der Waals surface area contributed by atoms with E-state index in [2.05, 4.69) is 28.3 Å². The van der Waals surface area contributed by atoms with Crippen LogP contribution in [0.2, 0.25) is 0 Å². The number of amides is 4. The van der Waals surface area contributed by atoms with Crippen molar-refractivity contribution in [3.8, 4) is 0 Å². The van der Waals surface area contributed by atoms with E-state index in [1.165, 1.54) is 14.2 Å². The predicted octanol–water partition coefficient (Wildman–Crippen LogP) is 5.66. The van der Waals surface area contributed by atoms with E-state index in [9.17, 15) is 24.0 Å². The molecule has 1 aromatic rings. The monoisotopic (exact) mass is 731 g/mol. The number of carbonyl (C=O) groups is 5. The standard InChI is InChI=1S/C39H65N5O8/c1-8-9-10-11-18-23-33(45)52-32(31(24-29-19-14-12-15-20-29)40-36(46)34(27(2)3)41-38(48)50-6)26-44(25-30-21-16-13-17-22-30)43-37(47)35(28(4)5)42-39(49)51-7/h12,14-15,19-20,27-28,30-32,34-35H,8-11,13,16-18,21-26H2,1-7H3,(H,40,46)(H,41,48)(H,42,49)(H,43,47)/t31?,32?,34-,35-/m0/s1. The Labute approximate surface area is 311 Å². The Bertz CT molecular complexity index is 1220. The molecule has 0 aromatic heterocycles. The van der Waals surface area contributed by atoms with Gasteiger partial charge in [-0.2, -0.15) is 0 Å². The molecule has 0 aliphatic heterocycles. The molecule has 52 heavy (non-hydrogen) atoms.